The first-order valence-corrected chi connectivity index (χ1v) is 5.76. The van der Waals surface area contributed by atoms with E-state index in [9.17, 15) is 13.2 Å². The number of rotatable bonds is 2. The van der Waals surface area contributed by atoms with E-state index in [1.165, 1.54) is 12.1 Å². The predicted molar refractivity (Wildman–Crippen MR) is 67.4 cm³/mol. The molecule has 0 radical (unpaired) electrons. The van der Waals surface area contributed by atoms with Crippen molar-refractivity contribution < 1.29 is 17.9 Å². The number of hydrogen-bond donors (Lipinski definition) is 0. The number of aryl methyl sites for hydroxylation is 1. The Balaban J connectivity index is 2.37. The van der Waals surface area contributed by atoms with Crippen LogP contribution in [0.1, 0.15) is 16.7 Å². The van der Waals surface area contributed by atoms with Gasteiger partial charge in [0.25, 0.3) is 0 Å². The van der Waals surface area contributed by atoms with Crippen molar-refractivity contribution in [1.29, 1.82) is 5.26 Å². The Morgan fingerprint density at radius 1 is 1.05 bits per heavy atom. The number of alkyl halides is 3. The molecule has 0 N–H and O–H groups in total. The fraction of sp³-hybridized carbons (Fsp3) is 0.133. The van der Waals surface area contributed by atoms with Gasteiger partial charge in [0.2, 0.25) is 0 Å². The van der Waals surface area contributed by atoms with Gasteiger partial charge in [-0.25, -0.2) is 0 Å². The van der Waals surface area contributed by atoms with E-state index >= 15 is 0 Å². The smallest absolute Gasteiger partial charge is 0.417 e. The number of hydrogen-bond acceptors (Lipinski definition) is 2. The van der Waals surface area contributed by atoms with E-state index in [-0.39, 0.29) is 5.75 Å². The van der Waals surface area contributed by atoms with Crippen LogP contribution in [0, 0.1) is 18.3 Å². The maximum atomic E-state index is 12.8. The van der Waals surface area contributed by atoms with Crippen LogP contribution in [0.15, 0.2) is 42.5 Å². The number of nitrogens with zero attached hydrogens (tertiary/aromatic N) is 1. The van der Waals surface area contributed by atoms with Crippen LogP contribution in [0.2, 0.25) is 0 Å². The molecule has 0 atom stereocenters. The van der Waals surface area contributed by atoms with Gasteiger partial charge in [0.1, 0.15) is 11.5 Å². The number of ether oxygens (including phenoxy) is 1. The Kier molecular flexibility index (Phi) is 3.66. The van der Waals surface area contributed by atoms with E-state index in [0.717, 1.165) is 17.7 Å². The molecule has 0 bridgehead atoms. The molecular weight excluding hydrogens is 267 g/mol. The molecule has 0 fully saturated rings. The molecule has 2 nitrogen and oxygen atoms in total. The van der Waals surface area contributed by atoms with Gasteiger partial charge in [0.05, 0.1) is 17.2 Å². The summed E-state index contributed by atoms with van der Waals surface area (Å²) in [7, 11) is 0. The lowest BCUT2D eigenvalue weighted by molar-refractivity contribution is -0.137. The molecule has 2 rings (SSSR count). The zero-order chi connectivity index (χ0) is 14.8. The Bertz CT molecular complexity index is 672. The standard InChI is InChI=1S/C15H10F3NO/c1-10-3-2-4-12(7-10)20-13-6-5-11(9-19)14(8-13)15(16,17)18/h2-8H,1H3. The predicted octanol–water partition coefficient (Wildman–Crippen LogP) is 4.68. The second-order valence-corrected chi connectivity index (χ2v) is 4.24. The van der Waals surface area contributed by atoms with Crippen molar-refractivity contribution >= 4 is 0 Å². The topological polar surface area (TPSA) is 33.0 Å². The molecule has 0 saturated carbocycles. The minimum absolute atomic E-state index is 0.0434. The van der Waals surface area contributed by atoms with Gasteiger partial charge in [-0.15, -0.1) is 0 Å². The summed E-state index contributed by atoms with van der Waals surface area (Å²) < 4.78 is 43.8. The summed E-state index contributed by atoms with van der Waals surface area (Å²) in [6.07, 6.45) is -4.59. The number of halogens is 3. The van der Waals surface area contributed by atoms with Crippen molar-refractivity contribution in [3.63, 3.8) is 0 Å². The van der Waals surface area contributed by atoms with Gasteiger partial charge in [0.15, 0.2) is 0 Å². The second-order valence-electron chi connectivity index (χ2n) is 4.24. The Labute approximate surface area is 114 Å². The fourth-order valence-electron chi connectivity index (χ4n) is 1.73. The summed E-state index contributed by atoms with van der Waals surface area (Å²) in [5, 5.41) is 8.71. The van der Waals surface area contributed by atoms with Crippen molar-refractivity contribution in [3.05, 3.63) is 59.2 Å². The first kappa shape index (κ1) is 13.9. The van der Waals surface area contributed by atoms with Gasteiger partial charge in [-0.2, -0.15) is 18.4 Å². The van der Waals surface area contributed by atoms with Crippen molar-refractivity contribution in [2.24, 2.45) is 0 Å². The summed E-state index contributed by atoms with van der Waals surface area (Å²) in [6, 6.07) is 11.8. The Morgan fingerprint density at radius 2 is 1.75 bits per heavy atom. The minimum Gasteiger partial charge on any atom is -0.457 e. The van der Waals surface area contributed by atoms with Gasteiger partial charge in [-0.3, -0.25) is 0 Å². The van der Waals surface area contributed by atoms with Crippen molar-refractivity contribution in [2.45, 2.75) is 13.1 Å². The van der Waals surface area contributed by atoms with Crippen LogP contribution >= 0.6 is 0 Å². The van der Waals surface area contributed by atoms with Gasteiger partial charge in [0, 0.05) is 0 Å². The SMILES string of the molecule is Cc1cccc(Oc2ccc(C#N)c(C(F)(F)F)c2)c1. The van der Waals surface area contributed by atoms with E-state index in [0.29, 0.717) is 5.75 Å². The number of nitriles is 1. The maximum absolute atomic E-state index is 12.8. The van der Waals surface area contributed by atoms with Crippen molar-refractivity contribution in [1.82, 2.24) is 0 Å². The lowest BCUT2D eigenvalue weighted by atomic mass is 10.1. The molecule has 0 amide bonds. The highest BCUT2D eigenvalue weighted by Gasteiger charge is 2.34. The van der Waals surface area contributed by atoms with E-state index in [1.807, 2.05) is 13.0 Å². The van der Waals surface area contributed by atoms with Crippen LogP contribution in [-0.4, -0.2) is 0 Å². The molecule has 102 valence electrons. The van der Waals surface area contributed by atoms with Gasteiger partial charge in [-0.1, -0.05) is 12.1 Å². The molecule has 0 aromatic heterocycles. The van der Waals surface area contributed by atoms with Gasteiger partial charge < -0.3 is 4.74 Å². The first-order valence-electron chi connectivity index (χ1n) is 5.76. The highest BCUT2D eigenvalue weighted by atomic mass is 19.4. The van der Waals surface area contributed by atoms with Crippen LogP contribution in [0.3, 0.4) is 0 Å². The summed E-state index contributed by atoms with van der Waals surface area (Å²) in [6.45, 7) is 1.85. The maximum Gasteiger partial charge on any atom is 0.417 e. The molecule has 5 heteroatoms. The molecule has 0 unspecified atom stereocenters. The highest BCUT2D eigenvalue weighted by Crippen LogP contribution is 2.35. The lowest BCUT2D eigenvalue weighted by Gasteiger charge is -2.12. The molecule has 2 aromatic rings. The lowest BCUT2D eigenvalue weighted by Crippen LogP contribution is -2.07. The van der Waals surface area contributed by atoms with Gasteiger partial charge in [-0.05, 0) is 42.8 Å². The first-order chi connectivity index (χ1) is 9.40. The second kappa shape index (κ2) is 5.25. The third kappa shape index (κ3) is 3.09. The van der Waals surface area contributed by atoms with Crippen LogP contribution in [0.25, 0.3) is 0 Å². The minimum atomic E-state index is -4.59. The average Bonchev–Trinajstić information content (AvgIpc) is 2.37. The van der Waals surface area contributed by atoms with E-state index < -0.39 is 17.3 Å². The van der Waals surface area contributed by atoms with Crippen LogP contribution < -0.4 is 4.74 Å². The summed E-state index contributed by atoms with van der Waals surface area (Å²) in [5.41, 5.74) is -0.480. The zero-order valence-electron chi connectivity index (χ0n) is 10.5. The van der Waals surface area contributed by atoms with Gasteiger partial charge >= 0.3 is 6.18 Å². The van der Waals surface area contributed by atoms with Crippen LogP contribution in [0.4, 0.5) is 13.2 Å². The summed E-state index contributed by atoms with van der Waals surface area (Å²) in [4.78, 5) is 0. The fourth-order valence-corrected chi connectivity index (χ4v) is 1.73. The highest BCUT2D eigenvalue weighted by molar-refractivity contribution is 5.45. The summed E-state index contributed by atoms with van der Waals surface area (Å²) in [5.74, 6) is 0.491. The molecule has 0 aliphatic carbocycles. The largest absolute Gasteiger partial charge is 0.457 e. The summed E-state index contributed by atoms with van der Waals surface area (Å²) >= 11 is 0. The third-order valence-corrected chi connectivity index (χ3v) is 2.64. The van der Waals surface area contributed by atoms with E-state index in [1.54, 1.807) is 18.2 Å². The molecule has 0 spiro atoms. The van der Waals surface area contributed by atoms with Crippen LogP contribution in [-0.2, 0) is 6.18 Å². The molecule has 0 saturated heterocycles. The molecule has 0 aliphatic heterocycles. The molecule has 0 heterocycles. The van der Waals surface area contributed by atoms with Crippen molar-refractivity contribution in [2.75, 3.05) is 0 Å². The monoisotopic (exact) mass is 277 g/mol. The normalized spacial score (nSPS) is 10.9. The Hall–Kier alpha value is -2.48. The van der Waals surface area contributed by atoms with E-state index in [2.05, 4.69) is 0 Å². The average molecular weight is 277 g/mol. The van der Waals surface area contributed by atoms with E-state index in [4.69, 9.17) is 10.00 Å². The van der Waals surface area contributed by atoms with Crippen LogP contribution in [0.5, 0.6) is 11.5 Å². The zero-order valence-corrected chi connectivity index (χ0v) is 10.5. The quantitative estimate of drug-likeness (QED) is 0.798. The van der Waals surface area contributed by atoms with Crippen molar-refractivity contribution in [3.8, 4) is 17.6 Å². The molecule has 20 heavy (non-hydrogen) atoms. The molecule has 0 aliphatic rings. The number of benzene rings is 2. The third-order valence-electron chi connectivity index (χ3n) is 2.64. The molecular formula is C15H10F3NO. The Morgan fingerprint density at radius 3 is 2.35 bits per heavy atom. The molecule has 2 aromatic carbocycles.